The average molecular weight is 305 g/mol. The SMILES string of the molecule is CC(O)(Cc1c(F)ccc(Br)c1F)CC1CC1. The summed E-state index contributed by atoms with van der Waals surface area (Å²) in [7, 11) is 0. The summed E-state index contributed by atoms with van der Waals surface area (Å²) in [4.78, 5) is 0. The molecule has 1 N–H and O–H groups in total. The Balaban J connectivity index is 2.19. The van der Waals surface area contributed by atoms with Crippen LogP contribution in [0.4, 0.5) is 8.78 Å². The van der Waals surface area contributed by atoms with Gasteiger partial charge < -0.3 is 5.11 Å². The van der Waals surface area contributed by atoms with Gasteiger partial charge in [0.15, 0.2) is 0 Å². The summed E-state index contributed by atoms with van der Waals surface area (Å²) in [5.41, 5.74) is -1.08. The summed E-state index contributed by atoms with van der Waals surface area (Å²) in [5, 5.41) is 10.2. The molecule has 0 heterocycles. The summed E-state index contributed by atoms with van der Waals surface area (Å²) in [5.74, 6) is -0.689. The highest BCUT2D eigenvalue weighted by Gasteiger charge is 2.33. The first-order chi connectivity index (χ1) is 7.89. The Bertz CT molecular complexity index is 428. The number of rotatable bonds is 4. The molecule has 1 fully saturated rings. The van der Waals surface area contributed by atoms with Crippen molar-refractivity contribution in [1.82, 2.24) is 0 Å². The summed E-state index contributed by atoms with van der Waals surface area (Å²) in [6, 6.07) is 2.56. The van der Waals surface area contributed by atoms with E-state index < -0.39 is 17.2 Å². The minimum Gasteiger partial charge on any atom is -0.390 e. The number of halogens is 3. The fourth-order valence-electron chi connectivity index (χ4n) is 2.13. The van der Waals surface area contributed by atoms with Crippen molar-refractivity contribution in [2.45, 2.75) is 38.2 Å². The zero-order chi connectivity index (χ0) is 12.6. The van der Waals surface area contributed by atoms with E-state index in [-0.39, 0.29) is 16.5 Å². The van der Waals surface area contributed by atoms with E-state index in [0.717, 1.165) is 12.8 Å². The van der Waals surface area contributed by atoms with E-state index in [1.165, 1.54) is 12.1 Å². The second-order valence-corrected chi connectivity index (χ2v) is 6.00. The van der Waals surface area contributed by atoms with Crippen LogP contribution in [0.5, 0.6) is 0 Å². The van der Waals surface area contributed by atoms with Gasteiger partial charge in [-0.3, -0.25) is 0 Å². The lowest BCUT2D eigenvalue weighted by molar-refractivity contribution is 0.0437. The first-order valence-electron chi connectivity index (χ1n) is 5.74. The normalized spacial score (nSPS) is 19.1. The predicted molar refractivity (Wildman–Crippen MR) is 65.7 cm³/mol. The molecule has 2 rings (SSSR count). The minimum atomic E-state index is -1.04. The molecule has 4 heteroatoms. The average Bonchev–Trinajstić information content (AvgIpc) is 3.02. The van der Waals surface area contributed by atoms with Crippen LogP contribution in [-0.4, -0.2) is 10.7 Å². The van der Waals surface area contributed by atoms with Crippen LogP contribution >= 0.6 is 15.9 Å². The zero-order valence-corrected chi connectivity index (χ0v) is 11.2. The quantitative estimate of drug-likeness (QED) is 0.838. The van der Waals surface area contributed by atoms with Crippen molar-refractivity contribution in [3.63, 3.8) is 0 Å². The van der Waals surface area contributed by atoms with Crippen LogP contribution in [0, 0.1) is 17.6 Å². The molecule has 0 aliphatic heterocycles. The van der Waals surface area contributed by atoms with Gasteiger partial charge in [-0.25, -0.2) is 8.78 Å². The molecular formula is C13H15BrF2O. The Morgan fingerprint density at radius 2 is 2.06 bits per heavy atom. The molecule has 0 bridgehead atoms. The van der Waals surface area contributed by atoms with Crippen molar-refractivity contribution >= 4 is 15.9 Å². The van der Waals surface area contributed by atoms with Gasteiger partial charge in [-0.15, -0.1) is 0 Å². The summed E-state index contributed by atoms with van der Waals surface area (Å²) < 4.78 is 27.5. The van der Waals surface area contributed by atoms with Crippen molar-refractivity contribution in [3.8, 4) is 0 Å². The van der Waals surface area contributed by atoms with Crippen LogP contribution < -0.4 is 0 Å². The van der Waals surface area contributed by atoms with Crippen LogP contribution in [0.1, 0.15) is 31.7 Å². The van der Waals surface area contributed by atoms with Crippen LogP contribution in [0.2, 0.25) is 0 Å². The molecule has 94 valence electrons. The molecule has 1 unspecified atom stereocenters. The summed E-state index contributed by atoms with van der Waals surface area (Å²) >= 11 is 3.03. The van der Waals surface area contributed by atoms with E-state index in [2.05, 4.69) is 15.9 Å². The lowest BCUT2D eigenvalue weighted by Gasteiger charge is -2.24. The van der Waals surface area contributed by atoms with Crippen LogP contribution in [0.25, 0.3) is 0 Å². The van der Waals surface area contributed by atoms with Crippen molar-refractivity contribution in [1.29, 1.82) is 0 Å². The van der Waals surface area contributed by atoms with Crippen LogP contribution in [-0.2, 0) is 6.42 Å². The fourth-order valence-corrected chi connectivity index (χ4v) is 2.50. The van der Waals surface area contributed by atoms with Gasteiger partial charge in [0.2, 0.25) is 0 Å². The van der Waals surface area contributed by atoms with Crippen molar-refractivity contribution in [2.24, 2.45) is 5.92 Å². The van der Waals surface area contributed by atoms with E-state index in [4.69, 9.17) is 0 Å². The summed E-state index contributed by atoms with van der Waals surface area (Å²) in [6.07, 6.45) is 2.85. The fraction of sp³-hybridized carbons (Fsp3) is 0.538. The Kier molecular flexibility index (Phi) is 3.55. The minimum absolute atomic E-state index is 0.0145. The van der Waals surface area contributed by atoms with Gasteiger partial charge >= 0.3 is 0 Å². The van der Waals surface area contributed by atoms with Crippen LogP contribution in [0.15, 0.2) is 16.6 Å². The molecule has 1 aliphatic carbocycles. The first kappa shape index (κ1) is 13.0. The highest BCUT2D eigenvalue weighted by Crippen LogP contribution is 2.38. The number of hydrogen-bond acceptors (Lipinski definition) is 1. The van der Waals surface area contributed by atoms with Crippen molar-refractivity contribution in [2.75, 3.05) is 0 Å². The molecular weight excluding hydrogens is 290 g/mol. The third-order valence-electron chi connectivity index (χ3n) is 3.12. The maximum Gasteiger partial charge on any atom is 0.143 e. The molecule has 17 heavy (non-hydrogen) atoms. The Labute approximate surface area is 108 Å². The van der Waals surface area contributed by atoms with Gasteiger partial charge in [-0.05, 0) is 47.3 Å². The van der Waals surface area contributed by atoms with Gasteiger partial charge in [0.1, 0.15) is 11.6 Å². The van der Waals surface area contributed by atoms with E-state index in [0.29, 0.717) is 12.3 Å². The molecule has 1 aromatic rings. The van der Waals surface area contributed by atoms with Gasteiger partial charge in [-0.2, -0.15) is 0 Å². The van der Waals surface area contributed by atoms with Crippen molar-refractivity contribution in [3.05, 3.63) is 33.8 Å². The zero-order valence-electron chi connectivity index (χ0n) is 9.64. The van der Waals surface area contributed by atoms with E-state index in [1.807, 2.05) is 0 Å². The topological polar surface area (TPSA) is 20.2 Å². The maximum absolute atomic E-state index is 13.7. The van der Waals surface area contributed by atoms with Gasteiger partial charge in [0.25, 0.3) is 0 Å². The molecule has 0 saturated heterocycles. The number of benzene rings is 1. The number of hydrogen-bond donors (Lipinski definition) is 1. The molecule has 0 radical (unpaired) electrons. The lowest BCUT2D eigenvalue weighted by Crippen LogP contribution is -2.29. The van der Waals surface area contributed by atoms with E-state index in [1.54, 1.807) is 6.92 Å². The van der Waals surface area contributed by atoms with Gasteiger partial charge in [0, 0.05) is 12.0 Å². The van der Waals surface area contributed by atoms with Gasteiger partial charge in [-0.1, -0.05) is 12.8 Å². The third kappa shape index (κ3) is 3.26. The summed E-state index contributed by atoms with van der Waals surface area (Å²) in [6.45, 7) is 1.64. The van der Waals surface area contributed by atoms with Crippen molar-refractivity contribution < 1.29 is 13.9 Å². The third-order valence-corrected chi connectivity index (χ3v) is 3.73. The lowest BCUT2D eigenvalue weighted by atomic mass is 9.90. The molecule has 1 saturated carbocycles. The highest BCUT2D eigenvalue weighted by atomic mass is 79.9. The van der Waals surface area contributed by atoms with E-state index in [9.17, 15) is 13.9 Å². The molecule has 1 aliphatic rings. The second-order valence-electron chi connectivity index (χ2n) is 5.14. The highest BCUT2D eigenvalue weighted by molar-refractivity contribution is 9.10. The standard InChI is InChI=1S/C13H15BrF2O/c1-13(17,6-8-2-3-8)7-9-11(15)5-4-10(14)12(9)16/h4-5,8,17H,2-3,6-7H2,1H3. The smallest absolute Gasteiger partial charge is 0.143 e. The number of aliphatic hydroxyl groups is 1. The Morgan fingerprint density at radius 1 is 1.41 bits per heavy atom. The predicted octanol–water partition coefficient (Wildman–Crippen LogP) is 3.82. The molecule has 1 atom stereocenters. The monoisotopic (exact) mass is 304 g/mol. The largest absolute Gasteiger partial charge is 0.390 e. The molecule has 1 aromatic carbocycles. The molecule has 1 nitrogen and oxygen atoms in total. The van der Waals surface area contributed by atoms with E-state index >= 15 is 0 Å². The molecule has 0 amide bonds. The Morgan fingerprint density at radius 3 is 2.65 bits per heavy atom. The first-order valence-corrected chi connectivity index (χ1v) is 6.53. The maximum atomic E-state index is 13.7. The van der Waals surface area contributed by atoms with Gasteiger partial charge in [0.05, 0.1) is 10.1 Å². The molecule has 0 aromatic heterocycles. The molecule has 0 spiro atoms. The Hall–Kier alpha value is -0.480. The second kappa shape index (κ2) is 4.65. The van der Waals surface area contributed by atoms with Crippen LogP contribution in [0.3, 0.4) is 0 Å².